The van der Waals surface area contributed by atoms with Gasteiger partial charge in [-0.3, -0.25) is 9.10 Å². The van der Waals surface area contributed by atoms with Crippen LogP contribution < -0.4 is 14.4 Å². The molecule has 0 bridgehead atoms. The topological polar surface area (TPSA) is 75.7 Å². The zero-order valence-corrected chi connectivity index (χ0v) is 20.3. The molecule has 176 valence electrons. The predicted molar refractivity (Wildman–Crippen MR) is 131 cm³/mol. The van der Waals surface area contributed by atoms with Crippen molar-refractivity contribution >= 4 is 21.6 Å². The first-order chi connectivity index (χ1) is 15.3. The van der Waals surface area contributed by atoms with Crippen molar-refractivity contribution in [1.82, 2.24) is 5.32 Å². The first-order valence-corrected chi connectivity index (χ1v) is 13.2. The minimum absolute atomic E-state index is 0.113. The number of hydrogen-bond donors (Lipinski definition) is 1. The lowest BCUT2D eigenvalue weighted by molar-refractivity contribution is -0.121. The maximum Gasteiger partial charge on any atom is 0.232 e. The lowest BCUT2D eigenvalue weighted by atomic mass is 10.1. The molecular weight excluding hydrogens is 424 g/mol. The Morgan fingerprint density at radius 2 is 1.62 bits per heavy atom. The third kappa shape index (κ3) is 8.91. The fraction of sp³-hybridized carbons (Fsp3) is 0.480. The van der Waals surface area contributed by atoms with Gasteiger partial charge in [-0.1, -0.05) is 44.5 Å². The normalized spacial score (nSPS) is 11.2. The van der Waals surface area contributed by atoms with E-state index >= 15 is 0 Å². The number of ether oxygens (including phenoxy) is 1. The fourth-order valence-electron chi connectivity index (χ4n) is 3.35. The lowest BCUT2D eigenvalue weighted by Crippen LogP contribution is -2.32. The number of sulfonamides is 1. The summed E-state index contributed by atoms with van der Waals surface area (Å²) >= 11 is 0. The third-order valence-electron chi connectivity index (χ3n) is 5.23. The molecule has 0 aliphatic carbocycles. The van der Waals surface area contributed by atoms with Gasteiger partial charge in [0.25, 0.3) is 0 Å². The first-order valence-electron chi connectivity index (χ1n) is 11.4. The average Bonchev–Trinajstić information content (AvgIpc) is 2.78. The maximum atomic E-state index is 12.3. The molecule has 2 rings (SSSR count). The fourth-order valence-corrected chi connectivity index (χ4v) is 4.31. The molecule has 0 atom stereocenters. The van der Waals surface area contributed by atoms with Crippen LogP contribution >= 0.6 is 0 Å². The number of aryl methyl sites for hydroxylation is 2. The summed E-state index contributed by atoms with van der Waals surface area (Å²) in [6.45, 7) is 5.31. The first kappa shape index (κ1) is 25.7. The summed E-state index contributed by atoms with van der Waals surface area (Å²) in [7, 11) is -3.42. The SMILES string of the molecule is CCCCc1ccc(N(CCCC(=O)NCCOc2ccc(CC)cc2)S(C)(=O)=O)cc1. The molecule has 0 aromatic heterocycles. The number of benzene rings is 2. The van der Waals surface area contributed by atoms with Gasteiger partial charge >= 0.3 is 0 Å². The number of hydrogen-bond acceptors (Lipinski definition) is 4. The van der Waals surface area contributed by atoms with Gasteiger partial charge in [0.05, 0.1) is 18.5 Å². The number of anilines is 1. The Labute approximate surface area is 193 Å². The molecule has 0 spiro atoms. The molecule has 0 heterocycles. The highest BCUT2D eigenvalue weighted by Gasteiger charge is 2.17. The molecule has 32 heavy (non-hydrogen) atoms. The number of nitrogens with one attached hydrogen (secondary N) is 1. The van der Waals surface area contributed by atoms with Gasteiger partial charge in [-0.25, -0.2) is 8.42 Å². The Balaban J connectivity index is 1.75. The van der Waals surface area contributed by atoms with Crippen LogP contribution in [-0.4, -0.2) is 40.3 Å². The smallest absolute Gasteiger partial charge is 0.232 e. The maximum absolute atomic E-state index is 12.3. The number of unbranched alkanes of at least 4 members (excludes halogenated alkanes) is 1. The zero-order valence-electron chi connectivity index (χ0n) is 19.5. The average molecular weight is 461 g/mol. The quantitative estimate of drug-likeness (QED) is 0.426. The van der Waals surface area contributed by atoms with Gasteiger partial charge in [-0.2, -0.15) is 0 Å². The largest absolute Gasteiger partial charge is 0.492 e. The summed E-state index contributed by atoms with van der Waals surface area (Å²) < 4.78 is 31.5. The second-order valence-electron chi connectivity index (χ2n) is 7.90. The minimum Gasteiger partial charge on any atom is -0.492 e. The molecule has 0 aliphatic heterocycles. The van der Waals surface area contributed by atoms with E-state index in [1.165, 1.54) is 21.7 Å². The van der Waals surface area contributed by atoms with Crippen LogP contribution in [0.15, 0.2) is 48.5 Å². The van der Waals surface area contributed by atoms with Crippen molar-refractivity contribution in [1.29, 1.82) is 0 Å². The van der Waals surface area contributed by atoms with Crippen molar-refractivity contribution in [2.75, 3.05) is 30.3 Å². The molecule has 2 aromatic carbocycles. The number of rotatable bonds is 14. The highest BCUT2D eigenvalue weighted by atomic mass is 32.2. The van der Waals surface area contributed by atoms with Crippen LogP contribution in [0.25, 0.3) is 0 Å². The van der Waals surface area contributed by atoms with Crippen molar-refractivity contribution in [2.45, 2.75) is 52.4 Å². The summed E-state index contributed by atoms with van der Waals surface area (Å²) in [6.07, 6.45) is 6.10. The molecule has 0 aliphatic rings. The van der Waals surface area contributed by atoms with Crippen molar-refractivity contribution in [2.24, 2.45) is 0 Å². The van der Waals surface area contributed by atoms with Crippen LogP contribution in [0.3, 0.4) is 0 Å². The van der Waals surface area contributed by atoms with Crippen molar-refractivity contribution < 1.29 is 17.9 Å². The highest BCUT2D eigenvalue weighted by Crippen LogP contribution is 2.20. The summed E-state index contributed by atoms with van der Waals surface area (Å²) in [5, 5.41) is 2.82. The van der Waals surface area contributed by atoms with Gasteiger partial charge in [-0.15, -0.1) is 0 Å². The van der Waals surface area contributed by atoms with Crippen LogP contribution in [0, 0.1) is 0 Å². The zero-order chi connectivity index (χ0) is 23.4. The molecule has 1 N–H and O–H groups in total. The third-order valence-corrected chi connectivity index (χ3v) is 6.43. The van der Waals surface area contributed by atoms with E-state index in [9.17, 15) is 13.2 Å². The second kappa shape index (κ2) is 13.1. The Bertz CT molecular complexity index is 925. The number of nitrogens with zero attached hydrogens (tertiary/aromatic N) is 1. The summed E-state index contributed by atoms with van der Waals surface area (Å²) in [5.41, 5.74) is 3.09. The standard InChI is InChI=1S/C25H36N2O4S/c1-4-6-8-22-10-14-23(15-11-22)27(32(3,29)30)19-7-9-25(28)26-18-20-31-24-16-12-21(5-2)13-17-24/h10-17H,4-9,18-20H2,1-3H3,(H,26,28). The monoisotopic (exact) mass is 460 g/mol. The molecule has 0 radical (unpaired) electrons. The van der Waals surface area contributed by atoms with E-state index in [-0.39, 0.29) is 18.9 Å². The molecule has 7 heteroatoms. The lowest BCUT2D eigenvalue weighted by Gasteiger charge is -2.22. The van der Waals surface area contributed by atoms with E-state index in [0.717, 1.165) is 31.4 Å². The second-order valence-corrected chi connectivity index (χ2v) is 9.81. The molecular formula is C25H36N2O4S. The Morgan fingerprint density at radius 1 is 0.969 bits per heavy atom. The van der Waals surface area contributed by atoms with Crippen molar-refractivity contribution in [3.63, 3.8) is 0 Å². The van der Waals surface area contributed by atoms with Crippen molar-refractivity contribution in [3.05, 3.63) is 59.7 Å². The molecule has 0 saturated carbocycles. The molecule has 1 amide bonds. The summed E-state index contributed by atoms with van der Waals surface area (Å²) in [5.74, 6) is 0.666. The Morgan fingerprint density at radius 3 is 2.22 bits per heavy atom. The van der Waals surface area contributed by atoms with Gasteiger partial charge in [-0.05, 0) is 61.1 Å². The van der Waals surface area contributed by atoms with E-state index < -0.39 is 10.0 Å². The van der Waals surface area contributed by atoms with Gasteiger partial charge < -0.3 is 10.1 Å². The number of carbonyl (C=O) groups is 1. The van der Waals surface area contributed by atoms with E-state index in [2.05, 4.69) is 19.2 Å². The number of carbonyl (C=O) groups excluding carboxylic acids is 1. The van der Waals surface area contributed by atoms with Crippen molar-refractivity contribution in [3.8, 4) is 5.75 Å². The van der Waals surface area contributed by atoms with E-state index in [0.29, 0.717) is 25.3 Å². The van der Waals surface area contributed by atoms with Crippen LogP contribution in [-0.2, 0) is 27.7 Å². The van der Waals surface area contributed by atoms with Crippen LogP contribution in [0.5, 0.6) is 5.75 Å². The van der Waals surface area contributed by atoms with Gasteiger partial charge in [0.1, 0.15) is 12.4 Å². The van der Waals surface area contributed by atoms with Gasteiger partial charge in [0.2, 0.25) is 15.9 Å². The van der Waals surface area contributed by atoms with Crippen LogP contribution in [0.4, 0.5) is 5.69 Å². The van der Waals surface area contributed by atoms with Gasteiger partial charge in [0.15, 0.2) is 0 Å². The van der Waals surface area contributed by atoms with Crippen LogP contribution in [0.1, 0.15) is 50.7 Å². The molecule has 0 unspecified atom stereocenters. The Kier molecular flexibility index (Phi) is 10.5. The molecule has 2 aromatic rings. The van der Waals surface area contributed by atoms with E-state index in [4.69, 9.17) is 4.74 Å². The molecule has 0 saturated heterocycles. The molecule has 0 fully saturated rings. The van der Waals surface area contributed by atoms with Crippen LogP contribution in [0.2, 0.25) is 0 Å². The predicted octanol–water partition coefficient (Wildman–Crippen LogP) is 4.33. The summed E-state index contributed by atoms with van der Waals surface area (Å²) in [4.78, 5) is 12.1. The van der Waals surface area contributed by atoms with E-state index in [1.807, 2.05) is 48.5 Å². The highest BCUT2D eigenvalue weighted by molar-refractivity contribution is 7.92. The molecule has 6 nitrogen and oxygen atoms in total. The Hall–Kier alpha value is -2.54. The number of amides is 1. The summed E-state index contributed by atoms with van der Waals surface area (Å²) in [6, 6.07) is 15.6. The van der Waals surface area contributed by atoms with E-state index in [1.54, 1.807) is 0 Å². The van der Waals surface area contributed by atoms with Gasteiger partial charge in [0, 0.05) is 13.0 Å². The minimum atomic E-state index is -3.42.